The number of esters is 1. The number of nitrogens with zero attached hydrogens (tertiary/aromatic N) is 1. The van der Waals surface area contributed by atoms with E-state index >= 15 is 4.39 Å². The van der Waals surface area contributed by atoms with E-state index in [0.29, 0.717) is 18.8 Å². The second kappa shape index (κ2) is 11.7. The van der Waals surface area contributed by atoms with Gasteiger partial charge in [-0.3, -0.25) is 4.79 Å². The highest BCUT2D eigenvalue weighted by Crippen LogP contribution is 2.41. The molecule has 2 aromatic rings. The maximum atomic E-state index is 15.3. The molecule has 1 fully saturated rings. The minimum atomic E-state index is -4.79. The molecule has 0 heterocycles. The van der Waals surface area contributed by atoms with Gasteiger partial charge in [0.15, 0.2) is 11.6 Å². The molecule has 0 radical (unpaired) electrons. The van der Waals surface area contributed by atoms with Crippen molar-refractivity contribution < 1.29 is 36.6 Å². The Bertz CT molecular complexity index is 1140. The summed E-state index contributed by atoms with van der Waals surface area (Å²) in [4.78, 5) is 27.6. The predicted molar refractivity (Wildman–Crippen MR) is 133 cm³/mol. The number of methoxy groups -OCH3 is 1. The quantitative estimate of drug-likeness (QED) is 0.204. The van der Waals surface area contributed by atoms with Crippen molar-refractivity contribution in [3.05, 3.63) is 52.8 Å². The molecule has 0 unspecified atom stereocenters. The first-order valence-electron chi connectivity index (χ1n) is 12.1. The summed E-state index contributed by atoms with van der Waals surface area (Å²) in [5.41, 5.74) is -1.16. The number of rotatable bonds is 7. The Morgan fingerprint density at radius 3 is 2.27 bits per heavy atom. The lowest BCUT2D eigenvalue weighted by atomic mass is 9.82. The van der Waals surface area contributed by atoms with Crippen LogP contribution in [0.5, 0.6) is 11.5 Å². The summed E-state index contributed by atoms with van der Waals surface area (Å²) in [6.07, 6.45) is -1.66. The fourth-order valence-electron chi connectivity index (χ4n) is 4.54. The Labute approximate surface area is 218 Å². The number of anilines is 1. The number of hydrogen-bond acceptors (Lipinski definition) is 4. The highest BCUT2D eigenvalue weighted by molar-refractivity contribution is 6.17. The van der Waals surface area contributed by atoms with Crippen molar-refractivity contribution in [2.75, 3.05) is 12.0 Å². The van der Waals surface area contributed by atoms with Gasteiger partial charge in [0.05, 0.1) is 23.9 Å². The van der Waals surface area contributed by atoms with Crippen LogP contribution < -0.4 is 9.64 Å². The molecule has 1 aliphatic rings. The van der Waals surface area contributed by atoms with Crippen LogP contribution in [0.25, 0.3) is 0 Å². The third-order valence-corrected chi connectivity index (χ3v) is 6.87. The number of halogens is 5. The normalized spacial score (nSPS) is 18.0. The number of alkyl halides is 4. The summed E-state index contributed by atoms with van der Waals surface area (Å²) in [6, 6.07) is 4.67. The number of amides is 1. The van der Waals surface area contributed by atoms with Crippen LogP contribution in [0.3, 0.4) is 0 Å². The van der Waals surface area contributed by atoms with Crippen LogP contribution in [0.1, 0.15) is 67.9 Å². The summed E-state index contributed by atoms with van der Waals surface area (Å²) in [7, 11) is 1.12. The molecule has 3 rings (SSSR count). The number of benzene rings is 2. The van der Waals surface area contributed by atoms with E-state index in [1.54, 1.807) is 13.8 Å². The maximum absolute atomic E-state index is 15.3. The lowest BCUT2D eigenvalue weighted by Gasteiger charge is -2.34. The van der Waals surface area contributed by atoms with Gasteiger partial charge in [0, 0.05) is 30.0 Å². The van der Waals surface area contributed by atoms with Gasteiger partial charge < -0.3 is 14.4 Å². The van der Waals surface area contributed by atoms with Crippen LogP contribution >= 0.6 is 11.6 Å². The second-order valence-electron chi connectivity index (χ2n) is 9.61. The molecular weight excluding hydrogens is 514 g/mol. The first kappa shape index (κ1) is 28.8. The molecule has 1 saturated carbocycles. The molecule has 5 nitrogen and oxygen atoms in total. The first-order chi connectivity index (χ1) is 17.4. The van der Waals surface area contributed by atoms with Gasteiger partial charge >= 0.3 is 12.1 Å². The van der Waals surface area contributed by atoms with Crippen LogP contribution in [-0.4, -0.2) is 25.0 Å². The third-order valence-electron chi connectivity index (χ3n) is 6.56. The number of hydrogen-bond donors (Lipinski definition) is 0. The minimum Gasteiger partial charge on any atom is -0.465 e. The topological polar surface area (TPSA) is 55.8 Å². The molecule has 0 aliphatic heterocycles. The summed E-state index contributed by atoms with van der Waals surface area (Å²) < 4.78 is 66.4. The second-order valence-corrected chi connectivity index (χ2v) is 9.88. The molecule has 2 aromatic carbocycles. The Kier molecular flexibility index (Phi) is 9.10. The third kappa shape index (κ3) is 6.55. The van der Waals surface area contributed by atoms with Crippen LogP contribution in [0.15, 0.2) is 30.3 Å². The van der Waals surface area contributed by atoms with E-state index in [9.17, 15) is 22.8 Å². The highest BCUT2D eigenvalue weighted by atomic mass is 35.5. The molecule has 0 atom stereocenters. The highest BCUT2D eigenvalue weighted by Gasteiger charge is 2.36. The molecule has 0 N–H and O–H groups in total. The van der Waals surface area contributed by atoms with Crippen molar-refractivity contribution >= 4 is 29.2 Å². The molecule has 37 heavy (non-hydrogen) atoms. The SMILES string of the molecule is COC(=O)c1cc(Oc2ccc(CCl)cc2C(F)(F)F)c(F)cc1N(C(=O)C1CCC(C)CC1)C(C)C. The Hall–Kier alpha value is -2.81. The van der Waals surface area contributed by atoms with Crippen LogP contribution in [0, 0.1) is 17.7 Å². The van der Waals surface area contributed by atoms with E-state index < -0.39 is 41.1 Å². The standard InChI is InChI=1S/C27H30ClF4NO4/c1-15(2)33(25(34)18-8-5-16(3)6-9-18)22-13-21(29)24(12-19(22)26(35)36-4)37-23-10-7-17(14-28)11-20(23)27(30,31)32/h7,10-13,15-16,18H,5-6,8-9,14H2,1-4H3. The number of carbonyl (C=O) groups is 2. The summed E-state index contributed by atoms with van der Waals surface area (Å²) in [6.45, 7) is 5.60. The minimum absolute atomic E-state index is 0.0242. The van der Waals surface area contributed by atoms with Crippen molar-refractivity contribution in [2.24, 2.45) is 11.8 Å². The van der Waals surface area contributed by atoms with Crippen molar-refractivity contribution in [2.45, 2.75) is 64.6 Å². The molecular formula is C27H30ClF4NO4. The molecule has 1 aliphatic carbocycles. The first-order valence-corrected chi connectivity index (χ1v) is 12.6. The molecule has 0 saturated heterocycles. The van der Waals surface area contributed by atoms with Crippen LogP contribution in [-0.2, 0) is 21.6 Å². The zero-order valence-corrected chi connectivity index (χ0v) is 21.9. The predicted octanol–water partition coefficient (Wildman–Crippen LogP) is 7.73. The fourth-order valence-corrected chi connectivity index (χ4v) is 4.70. The van der Waals surface area contributed by atoms with Crippen molar-refractivity contribution in [3.63, 3.8) is 0 Å². The van der Waals surface area contributed by atoms with Gasteiger partial charge in [-0.2, -0.15) is 13.2 Å². The number of ether oxygens (including phenoxy) is 2. The van der Waals surface area contributed by atoms with Crippen LogP contribution in [0.2, 0.25) is 0 Å². The van der Waals surface area contributed by atoms with Gasteiger partial charge in [0.25, 0.3) is 0 Å². The maximum Gasteiger partial charge on any atom is 0.419 e. The lowest BCUT2D eigenvalue weighted by molar-refractivity contribution is -0.138. The molecule has 10 heteroatoms. The monoisotopic (exact) mass is 543 g/mol. The Balaban J connectivity index is 2.07. The summed E-state index contributed by atoms with van der Waals surface area (Å²) >= 11 is 5.67. The smallest absolute Gasteiger partial charge is 0.419 e. The van der Waals surface area contributed by atoms with Crippen molar-refractivity contribution in [1.82, 2.24) is 0 Å². The van der Waals surface area contributed by atoms with Crippen molar-refractivity contribution in [1.29, 1.82) is 0 Å². The van der Waals surface area contributed by atoms with Gasteiger partial charge in [-0.15, -0.1) is 11.6 Å². The van der Waals surface area contributed by atoms with Gasteiger partial charge in [-0.25, -0.2) is 9.18 Å². The molecule has 202 valence electrons. The molecule has 0 aromatic heterocycles. The molecule has 0 bridgehead atoms. The molecule has 0 spiro atoms. The van der Waals surface area contributed by atoms with Crippen LogP contribution in [0.4, 0.5) is 23.2 Å². The zero-order chi connectivity index (χ0) is 27.5. The fraction of sp³-hybridized carbons (Fsp3) is 0.481. The van der Waals surface area contributed by atoms with E-state index in [1.807, 2.05) is 0 Å². The van der Waals surface area contributed by atoms with E-state index in [-0.39, 0.29) is 34.5 Å². The lowest BCUT2D eigenvalue weighted by Crippen LogP contribution is -2.43. The zero-order valence-electron chi connectivity index (χ0n) is 21.1. The number of carbonyl (C=O) groups excluding carboxylic acids is 2. The van der Waals surface area contributed by atoms with Gasteiger partial charge in [-0.1, -0.05) is 13.0 Å². The van der Waals surface area contributed by atoms with E-state index in [4.69, 9.17) is 21.1 Å². The largest absolute Gasteiger partial charge is 0.465 e. The summed E-state index contributed by atoms with van der Waals surface area (Å²) in [5, 5.41) is 0. The van der Waals surface area contributed by atoms with E-state index in [1.165, 1.54) is 11.0 Å². The summed E-state index contributed by atoms with van der Waals surface area (Å²) in [5.74, 6) is -3.35. The Morgan fingerprint density at radius 2 is 1.73 bits per heavy atom. The average molecular weight is 544 g/mol. The molecule has 1 amide bonds. The van der Waals surface area contributed by atoms with Crippen molar-refractivity contribution in [3.8, 4) is 11.5 Å². The van der Waals surface area contributed by atoms with Gasteiger partial charge in [0.2, 0.25) is 5.91 Å². The Morgan fingerprint density at radius 1 is 1.08 bits per heavy atom. The van der Waals surface area contributed by atoms with Gasteiger partial charge in [0.1, 0.15) is 5.75 Å². The van der Waals surface area contributed by atoms with E-state index in [2.05, 4.69) is 6.92 Å². The van der Waals surface area contributed by atoms with Gasteiger partial charge in [-0.05, 0) is 63.1 Å². The average Bonchev–Trinajstić information content (AvgIpc) is 2.84. The van der Waals surface area contributed by atoms with E-state index in [0.717, 1.165) is 44.2 Å².